The van der Waals surface area contributed by atoms with E-state index in [0.717, 1.165) is 51.7 Å². The fraction of sp³-hybridized carbons (Fsp3) is 0.636. The number of carbonyl (C=O) groups is 2. The molecule has 0 unspecified atom stereocenters. The summed E-state index contributed by atoms with van der Waals surface area (Å²) in [4.78, 5) is 27.7. The molecular weight excluding hydrogens is 399 g/mol. The van der Waals surface area contributed by atoms with Crippen molar-refractivity contribution < 1.29 is 14.0 Å². The third-order valence-electron chi connectivity index (χ3n) is 6.74. The minimum atomic E-state index is -0.511. The molecule has 170 valence electrons. The topological polar surface area (TPSA) is 93.9 Å². The molecule has 1 aromatic carbocycles. The van der Waals surface area contributed by atoms with Crippen LogP contribution in [0.2, 0.25) is 0 Å². The zero-order valence-electron chi connectivity index (χ0n) is 18.0. The maximum Gasteiger partial charge on any atom is 0.249 e. The first-order valence-electron chi connectivity index (χ1n) is 11.3. The molecule has 0 bridgehead atoms. The number of amides is 2. The van der Waals surface area contributed by atoms with Gasteiger partial charge in [0.1, 0.15) is 11.9 Å². The van der Waals surface area contributed by atoms with E-state index < -0.39 is 6.04 Å². The van der Waals surface area contributed by atoms with Crippen LogP contribution >= 0.6 is 0 Å². The second-order valence-electron chi connectivity index (χ2n) is 8.91. The number of nitrogens with two attached hydrogens (primary N) is 1. The van der Waals surface area contributed by atoms with Crippen LogP contribution in [0.4, 0.5) is 15.8 Å². The van der Waals surface area contributed by atoms with E-state index in [1.807, 2.05) is 5.01 Å². The molecule has 3 saturated heterocycles. The fourth-order valence-electron chi connectivity index (χ4n) is 4.70. The summed E-state index contributed by atoms with van der Waals surface area (Å²) >= 11 is 0. The fourth-order valence-corrected chi connectivity index (χ4v) is 4.70. The average molecular weight is 433 g/mol. The van der Waals surface area contributed by atoms with E-state index >= 15 is 0 Å². The standard InChI is InChI=1S/C22H33FN6O2/c23-18-15-17(25-19-2-4-21(30)26-22(19)31)1-3-20(18)28-13-11-27(12-14-28)8-5-16-6-9-29(24)10-7-16/h1,3,15-16,19,25H,2,4-14,24H2,(H,26,30,31)/t19-/m0/s1. The van der Waals surface area contributed by atoms with E-state index in [9.17, 15) is 14.0 Å². The van der Waals surface area contributed by atoms with Crippen molar-refractivity contribution in [1.82, 2.24) is 15.2 Å². The second kappa shape index (κ2) is 9.93. The highest BCUT2D eigenvalue weighted by Crippen LogP contribution is 2.26. The first-order chi connectivity index (χ1) is 15.0. The molecule has 2 amide bonds. The van der Waals surface area contributed by atoms with Crippen LogP contribution in [-0.2, 0) is 9.59 Å². The molecule has 8 nitrogen and oxygen atoms in total. The molecule has 4 rings (SSSR count). The molecule has 0 radical (unpaired) electrons. The van der Waals surface area contributed by atoms with Crippen LogP contribution in [0.1, 0.15) is 32.1 Å². The van der Waals surface area contributed by atoms with Gasteiger partial charge in [-0.1, -0.05) is 0 Å². The van der Waals surface area contributed by atoms with Gasteiger partial charge >= 0.3 is 0 Å². The number of anilines is 2. The second-order valence-corrected chi connectivity index (χ2v) is 8.91. The smallest absolute Gasteiger partial charge is 0.249 e. The highest BCUT2D eigenvalue weighted by Gasteiger charge is 2.27. The Kier molecular flexibility index (Phi) is 7.04. The normalized spacial score (nSPS) is 24.3. The molecule has 0 aromatic heterocycles. The first kappa shape index (κ1) is 22.0. The molecule has 0 spiro atoms. The molecule has 3 aliphatic heterocycles. The van der Waals surface area contributed by atoms with E-state index in [1.165, 1.54) is 25.3 Å². The number of rotatable bonds is 6. The third kappa shape index (κ3) is 5.72. The Bertz CT molecular complexity index is 790. The van der Waals surface area contributed by atoms with Gasteiger partial charge in [-0.2, -0.15) is 0 Å². The molecule has 3 heterocycles. The number of nitrogens with one attached hydrogen (secondary N) is 2. The van der Waals surface area contributed by atoms with E-state index in [-0.39, 0.29) is 17.6 Å². The van der Waals surface area contributed by atoms with Crippen LogP contribution < -0.4 is 21.4 Å². The van der Waals surface area contributed by atoms with Gasteiger partial charge in [0.05, 0.1) is 5.69 Å². The molecule has 31 heavy (non-hydrogen) atoms. The molecule has 3 aliphatic rings. The number of piperazine rings is 1. The summed E-state index contributed by atoms with van der Waals surface area (Å²) in [6.07, 6.45) is 4.28. The largest absolute Gasteiger partial charge is 0.374 e. The van der Waals surface area contributed by atoms with Gasteiger partial charge in [0.25, 0.3) is 0 Å². The number of halogens is 1. The van der Waals surface area contributed by atoms with Crippen LogP contribution in [0.5, 0.6) is 0 Å². The van der Waals surface area contributed by atoms with E-state index in [1.54, 1.807) is 12.1 Å². The molecular formula is C22H33FN6O2. The summed E-state index contributed by atoms with van der Waals surface area (Å²) in [5.74, 6) is 5.69. The number of carbonyl (C=O) groups excluding carboxylic acids is 2. The maximum atomic E-state index is 14.8. The Morgan fingerprint density at radius 2 is 1.81 bits per heavy atom. The minimum Gasteiger partial charge on any atom is -0.374 e. The van der Waals surface area contributed by atoms with Crippen molar-refractivity contribution in [2.45, 2.75) is 38.1 Å². The lowest BCUT2D eigenvalue weighted by molar-refractivity contribution is -0.133. The van der Waals surface area contributed by atoms with Crippen LogP contribution in [0.15, 0.2) is 18.2 Å². The number of imide groups is 1. The van der Waals surface area contributed by atoms with Gasteiger partial charge in [-0.3, -0.25) is 25.6 Å². The Labute approximate surface area is 182 Å². The Morgan fingerprint density at radius 3 is 2.48 bits per heavy atom. The van der Waals surface area contributed by atoms with Crippen molar-refractivity contribution in [2.24, 2.45) is 11.8 Å². The predicted molar refractivity (Wildman–Crippen MR) is 118 cm³/mol. The Hall–Kier alpha value is -2.23. The monoisotopic (exact) mass is 432 g/mol. The van der Waals surface area contributed by atoms with Gasteiger partial charge in [0, 0.05) is 51.4 Å². The average Bonchev–Trinajstić information content (AvgIpc) is 2.76. The quantitative estimate of drug-likeness (QED) is 0.458. The predicted octanol–water partition coefficient (Wildman–Crippen LogP) is 1.14. The lowest BCUT2D eigenvalue weighted by Crippen LogP contribution is -2.47. The number of hydrogen-bond donors (Lipinski definition) is 3. The maximum absolute atomic E-state index is 14.8. The van der Waals surface area contributed by atoms with Gasteiger partial charge < -0.3 is 10.2 Å². The SMILES string of the molecule is NN1CCC(CCN2CCN(c3ccc(N[C@H]4CCC(=O)NC4=O)cc3F)CC2)CC1. The highest BCUT2D eigenvalue weighted by molar-refractivity contribution is 6.01. The minimum absolute atomic E-state index is 0.260. The summed E-state index contributed by atoms with van der Waals surface area (Å²) in [7, 11) is 0. The molecule has 3 fully saturated rings. The van der Waals surface area contributed by atoms with Crippen LogP contribution in [-0.4, -0.2) is 73.6 Å². The molecule has 4 N–H and O–H groups in total. The summed E-state index contributed by atoms with van der Waals surface area (Å²) in [6, 6.07) is 4.51. The Morgan fingerprint density at radius 1 is 1.06 bits per heavy atom. The van der Waals surface area contributed by atoms with Crippen LogP contribution in [0.3, 0.4) is 0 Å². The molecule has 0 aliphatic carbocycles. The van der Waals surface area contributed by atoms with Gasteiger partial charge in [-0.05, 0) is 56.3 Å². The molecule has 1 atom stereocenters. The molecule has 1 aromatic rings. The van der Waals surface area contributed by atoms with Crippen molar-refractivity contribution in [3.8, 4) is 0 Å². The Balaban J connectivity index is 1.25. The lowest BCUT2D eigenvalue weighted by atomic mass is 9.94. The van der Waals surface area contributed by atoms with Crippen LogP contribution in [0.25, 0.3) is 0 Å². The zero-order chi connectivity index (χ0) is 21.8. The van der Waals surface area contributed by atoms with Crippen molar-refractivity contribution in [3.05, 3.63) is 24.0 Å². The van der Waals surface area contributed by atoms with Gasteiger partial charge in [0.2, 0.25) is 11.8 Å². The summed E-state index contributed by atoms with van der Waals surface area (Å²) in [6.45, 7) is 6.56. The first-order valence-corrected chi connectivity index (χ1v) is 11.3. The molecule has 0 saturated carbocycles. The van der Waals surface area contributed by atoms with Gasteiger partial charge in [-0.25, -0.2) is 9.40 Å². The van der Waals surface area contributed by atoms with Crippen molar-refractivity contribution >= 4 is 23.2 Å². The number of piperidine rings is 2. The van der Waals surface area contributed by atoms with E-state index in [4.69, 9.17) is 5.84 Å². The summed E-state index contributed by atoms with van der Waals surface area (Å²) in [5, 5.41) is 7.26. The van der Waals surface area contributed by atoms with Crippen molar-refractivity contribution in [1.29, 1.82) is 0 Å². The van der Waals surface area contributed by atoms with E-state index in [0.29, 0.717) is 24.2 Å². The summed E-state index contributed by atoms with van der Waals surface area (Å²) in [5.41, 5.74) is 1.15. The van der Waals surface area contributed by atoms with E-state index in [2.05, 4.69) is 20.4 Å². The third-order valence-corrected chi connectivity index (χ3v) is 6.74. The zero-order valence-corrected chi connectivity index (χ0v) is 18.0. The number of hydrazine groups is 1. The van der Waals surface area contributed by atoms with Gasteiger partial charge in [0.15, 0.2) is 0 Å². The number of benzene rings is 1. The number of nitrogens with zero attached hydrogens (tertiary/aromatic N) is 3. The lowest BCUT2D eigenvalue weighted by Gasteiger charge is -2.37. The van der Waals surface area contributed by atoms with Crippen LogP contribution in [0, 0.1) is 11.7 Å². The number of hydrogen-bond acceptors (Lipinski definition) is 7. The summed E-state index contributed by atoms with van der Waals surface area (Å²) < 4.78 is 14.8. The van der Waals surface area contributed by atoms with Crippen molar-refractivity contribution in [2.75, 3.05) is 56.0 Å². The van der Waals surface area contributed by atoms with Crippen molar-refractivity contribution in [3.63, 3.8) is 0 Å². The molecule has 9 heteroatoms. The van der Waals surface area contributed by atoms with Gasteiger partial charge in [-0.15, -0.1) is 0 Å². The highest BCUT2D eigenvalue weighted by atomic mass is 19.1.